The third kappa shape index (κ3) is 5.39. The molecule has 1 amide bonds. The van der Waals surface area contributed by atoms with Crippen molar-refractivity contribution in [2.75, 3.05) is 13.2 Å². The van der Waals surface area contributed by atoms with Crippen LogP contribution < -0.4 is 9.47 Å². The summed E-state index contributed by atoms with van der Waals surface area (Å²) in [6, 6.07) is 15.6. The number of aliphatic imine (C=N–C) groups is 1. The molecule has 2 aliphatic rings. The number of fused-ring (bicyclic) bond motifs is 1. The average molecular weight is 477 g/mol. The van der Waals surface area contributed by atoms with Crippen LogP contribution in [0, 0.1) is 5.41 Å². The minimum atomic E-state index is -0.425. The van der Waals surface area contributed by atoms with Crippen LogP contribution in [-0.4, -0.2) is 40.2 Å². The number of rotatable bonds is 9. The maximum atomic E-state index is 12.4. The molecule has 34 heavy (non-hydrogen) atoms. The van der Waals surface area contributed by atoms with Gasteiger partial charge in [0.25, 0.3) is 5.91 Å². The van der Waals surface area contributed by atoms with E-state index in [2.05, 4.69) is 36.1 Å². The second-order valence-electron chi connectivity index (χ2n) is 8.01. The van der Waals surface area contributed by atoms with Gasteiger partial charge in [-0.25, -0.2) is 0 Å². The molecule has 2 aromatic rings. The Morgan fingerprint density at radius 3 is 2.24 bits per heavy atom. The summed E-state index contributed by atoms with van der Waals surface area (Å²) in [5, 5.41) is 15.5. The number of hydrazone groups is 1. The molecule has 7 nitrogen and oxygen atoms in total. The van der Waals surface area contributed by atoms with Crippen molar-refractivity contribution in [3.05, 3.63) is 65.2 Å². The smallest absolute Gasteiger partial charge is 0.283 e. The molecule has 2 aromatic carbocycles. The summed E-state index contributed by atoms with van der Waals surface area (Å²) in [5.74, 6) is 1.70. The summed E-state index contributed by atoms with van der Waals surface area (Å²) >= 11 is 1.33. The van der Waals surface area contributed by atoms with Gasteiger partial charge in [0.15, 0.2) is 5.84 Å². The molecule has 0 spiro atoms. The highest BCUT2D eigenvalue weighted by molar-refractivity contribution is 8.26. The molecule has 2 heterocycles. The fourth-order valence-electron chi connectivity index (χ4n) is 3.45. The van der Waals surface area contributed by atoms with Gasteiger partial charge < -0.3 is 9.47 Å². The van der Waals surface area contributed by atoms with Crippen LogP contribution in [0.1, 0.15) is 50.7 Å². The van der Waals surface area contributed by atoms with Crippen LogP contribution in [0.2, 0.25) is 0 Å². The van der Waals surface area contributed by atoms with Crippen LogP contribution >= 0.6 is 11.8 Å². The van der Waals surface area contributed by atoms with Crippen LogP contribution in [0.25, 0.3) is 6.08 Å². The number of nitrogens with zero attached hydrogens (tertiary/aromatic N) is 3. The zero-order chi connectivity index (χ0) is 24.1. The normalized spacial score (nSPS) is 17.4. The van der Waals surface area contributed by atoms with Gasteiger partial charge in [-0.2, -0.15) is 15.1 Å². The van der Waals surface area contributed by atoms with Crippen molar-refractivity contribution in [2.24, 2.45) is 10.1 Å². The number of carbonyl (C=O) groups excluding carboxylic acids is 1. The first-order valence-electron chi connectivity index (χ1n) is 11.4. The minimum Gasteiger partial charge on any atom is -0.490 e. The number of amides is 1. The Morgan fingerprint density at radius 1 is 1.03 bits per heavy atom. The van der Waals surface area contributed by atoms with Crippen LogP contribution in [0.5, 0.6) is 11.5 Å². The van der Waals surface area contributed by atoms with Crippen molar-refractivity contribution in [2.45, 2.75) is 39.5 Å². The summed E-state index contributed by atoms with van der Waals surface area (Å²) in [6.07, 6.45) is 3.51. The Hall–Kier alpha value is -3.39. The molecule has 4 rings (SSSR count). The van der Waals surface area contributed by atoms with E-state index >= 15 is 0 Å². The SMILES string of the molecule is CCC1=NN2C(=N)/C(=C/c3ccc(OCCOc4ccc([C@H](C)CC)cc4)cc3)C(=O)N=C2S1. The molecule has 0 aromatic heterocycles. The topological polar surface area (TPSA) is 87.3 Å². The van der Waals surface area contributed by atoms with Gasteiger partial charge >= 0.3 is 0 Å². The molecule has 1 atom stereocenters. The first kappa shape index (κ1) is 23.8. The molecular weight excluding hydrogens is 448 g/mol. The molecule has 8 heteroatoms. The molecule has 0 unspecified atom stereocenters. The van der Waals surface area contributed by atoms with Gasteiger partial charge in [0.1, 0.15) is 29.8 Å². The quantitative estimate of drug-likeness (QED) is 0.371. The Kier molecular flexibility index (Phi) is 7.47. The van der Waals surface area contributed by atoms with Gasteiger partial charge in [-0.1, -0.05) is 45.0 Å². The van der Waals surface area contributed by atoms with Crippen molar-refractivity contribution in [1.29, 1.82) is 5.41 Å². The summed E-state index contributed by atoms with van der Waals surface area (Å²) in [4.78, 5) is 16.5. The van der Waals surface area contributed by atoms with Crippen molar-refractivity contribution < 1.29 is 14.3 Å². The van der Waals surface area contributed by atoms with E-state index in [4.69, 9.17) is 14.9 Å². The molecule has 0 aliphatic carbocycles. The van der Waals surface area contributed by atoms with E-state index in [9.17, 15) is 4.79 Å². The van der Waals surface area contributed by atoms with Gasteiger partial charge in [0.2, 0.25) is 5.17 Å². The molecule has 176 valence electrons. The van der Waals surface area contributed by atoms with Crippen LogP contribution in [0.15, 0.2) is 64.2 Å². The molecule has 0 saturated heterocycles. The Labute approximate surface area is 204 Å². The van der Waals surface area contributed by atoms with E-state index in [0.29, 0.717) is 30.0 Å². The van der Waals surface area contributed by atoms with E-state index in [1.165, 1.54) is 22.3 Å². The fourth-order valence-corrected chi connectivity index (χ4v) is 4.27. The van der Waals surface area contributed by atoms with Gasteiger partial charge in [0.05, 0.1) is 5.57 Å². The zero-order valence-corrected chi connectivity index (χ0v) is 20.4. The maximum absolute atomic E-state index is 12.4. The molecule has 0 radical (unpaired) electrons. The summed E-state index contributed by atoms with van der Waals surface area (Å²) in [5.41, 5.74) is 2.31. The number of amidine groups is 2. The number of ether oxygens (including phenoxy) is 2. The average Bonchev–Trinajstić information content (AvgIpc) is 3.28. The maximum Gasteiger partial charge on any atom is 0.283 e. The van der Waals surface area contributed by atoms with Gasteiger partial charge in [-0.15, -0.1) is 0 Å². The Bertz CT molecular complexity index is 1150. The van der Waals surface area contributed by atoms with Crippen molar-refractivity contribution in [3.8, 4) is 11.5 Å². The van der Waals surface area contributed by atoms with E-state index in [1.54, 1.807) is 6.08 Å². The molecule has 0 fully saturated rings. The van der Waals surface area contributed by atoms with E-state index < -0.39 is 5.91 Å². The second kappa shape index (κ2) is 10.7. The predicted molar refractivity (Wildman–Crippen MR) is 138 cm³/mol. The summed E-state index contributed by atoms with van der Waals surface area (Å²) < 4.78 is 11.5. The molecule has 0 saturated carbocycles. The number of hydrogen-bond donors (Lipinski definition) is 1. The van der Waals surface area contributed by atoms with Crippen LogP contribution in [-0.2, 0) is 4.79 Å². The van der Waals surface area contributed by atoms with Crippen LogP contribution in [0.3, 0.4) is 0 Å². The van der Waals surface area contributed by atoms with Crippen LogP contribution in [0.4, 0.5) is 0 Å². The third-order valence-corrected chi connectivity index (χ3v) is 6.72. The lowest BCUT2D eigenvalue weighted by atomic mass is 9.99. The number of thioether (sulfide) groups is 1. The van der Waals surface area contributed by atoms with Gasteiger partial charge in [-0.05, 0) is 72.0 Å². The number of hydrogen-bond acceptors (Lipinski definition) is 6. The van der Waals surface area contributed by atoms with Crippen molar-refractivity contribution in [3.63, 3.8) is 0 Å². The lowest BCUT2D eigenvalue weighted by Gasteiger charge is -2.20. The highest BCUT2D eigenvalue weighted by Crippen LogP contribution is 2.29. The monoisotopic (exact) mass is 476 g/mol. The Balaban J connectivity index is 1.30. The van der Waals surface area contributed by atoms with E-state index in [0.717, 1.165) is 29.2 Å². The van der Waals surface area contributed by atoms with E-state index in [1.807, 2.05) is 43.3 Å². The zero-order valence-electron chi connectivity index (χ0n) is 19.6. The second-order valence-corrected chi connectivity index (χ2v) is 9.05. The first-order valence-corrected chi connectivity index (χ1v) is 12.2. The summed E-state index contributed by atoms with van der Waals surface area (Å²) in [6.45, 7) is 7.24. The summed E-state index contributed by atoms with van der Waals surface area (Å²) in [7, 11) is 0. The molecule has 0 bridgehead atoms. The van der Waals surface area contributed by atoms with E-state index in [-0.39, 0.29) is 11.4 Å². The minimum absolute atomic E-state index is 0.0422. The van der Waals surface area contributed by atoms with Crippen molar-refractivity contribution in [1.82, 2.24) is 5.01 Å². The lowest BCUT2D eigenvalue weighted by Crippen LogP contribution is -2.35. The highest BCUT2D eigenvalue weighted by atomic mass is 32.2. The standard InChI is InChI=1S/C26H28N4O3S/c1-4-17(3)19-8-12-21(13-9-19)33-15-14-32-20-10-6-18(7-11-20)16-22-24(27)30-26(28-25(22)31)34-23(5-2)29-30/h6-13,16-17,27H,4-5,14-15H2,1-3H3/b22-16-,27-24?/t17-/m1/s1. The largest absolute Gasteiger partial charge is 0.490 e. The lowest BCUT2D eigenvalue weighted by molar-refractivity contribution is -0.114. The van der Waals surface area contributed by atoms with Crippen molar-refractivity contribution >= 4 is 39.8 Å². The van der Waals surface area contributed by atoms with Gasteiger partial charge in [-0.3, -0.25) is 10.2 Å². The third-order valence-electron chi connectivity index (χ3n) is 5.67. The molecule has 2 aliphatic heterocycles. The fraction of sp³-hybridized carbons (Fsp3) is 0.308. The van der Waals surface area contributed by atoms with Gasteiger partial charge in [0, 0.05) is 0 Å². The number of benzene rings is 2. The molecule has 1 N–H and O–H groups in total. The number of nitrogens with one attached hydrogen (secondary N) is 1. The first-order chi connectivity index (χ1) is 16.5. The Morgan fingerprint density at radius 2 is 1.65 bits per heavy atom. The number of carbonyl (C=O) groups is 1. The molecular formula is C26H28N4O3S. The highest BCUT2D eigenvalue weighted by Gasteiger charge is 2.35. The predicted octanol–water partition coefficient (Wildman–Crippen LogP) is 5.69.